The van der Waals surface area contributed by atoms with Crippen LogP contribution in [0.5, 0.6) is 0 Å². The molecule has 0 bridgehead atoms. The fourth-order valence-corrected chi connectivity index (χ4v) is 2.84. The molecule has 0 atom stereocenters. The lowest BCUT2D eigenvalue weighted by Gasteiger charge is -2.26. The van der Waals surface area contributed by atoms with E-state index in [4.69, 9.17) is 0 Å². The van der Waals surface area contributed by atoms with Gasteiger partial charge in [-0.2, -0.15) is 0 Å². The van der Waals surface area contributed by atoms with Crippen molar-refractivity contribution in [3.8, 4) is 0 Å². The van der Waals surface area contributed by atoms with Crippen LogP contribution in [0.3, 0.4) is 0 Å². The molecule has 124 valence electrons. The Bertz CT molecular complexity index is 301. The van der Waals surface area contributed by atoms with Crippen LogP contribution in [0.2, 0.25) is 0 Å². The van der Waals surface area contributed by atoms with Crippen LogP contribution in [0.15, 0.2) is 17.6 Å². The predicted molar refractivity (Wildman–Crippen MR) is 104 cm³/mol. The zero-order valence-electron chi connectivity index (χ0n) is 14.0. The lowest BCUT2D eigenvalue weighted by molar-refractivity contribution is 0.248. The van der Waals surface area contributed by atoms with Crippen LogP contribution in [-0.4, -0.2) is 62.6 Å². The van der Waals surface area contributed by atoms with Crippen LogP contribution in [-0.2, 0) is 0 Å². The topological polar surface area (TPSA) is 30.9 Å². The van der Waals surface area contributed by atoms with E-state index in [-0.39, 0.29) is 24.0 Å². The van der Waals surface area contributed by atoms with Crippen molar-refractivity contribution < 1.29 is 0 Å². The largest absolute Gasteiger partial charge is 0.355 e. The average molecular weight is 408 g/mol. The van der Waals surface area contributed by atoms with Crippen molar-refractivity contribution in [3.63, 3.8) is 0 Å². The fourth-order valence-electron chi connectivity index (χ4n) is 2.84. The van der Waals surface area contributed by atoms with Crippen molar-refractivity contribution in [2.24, 2.45) is 4.99 Å². The minimum Gasteiger partial charge on any atom is -0.355 e. The zero-order chi connectivity index (χ0) is 14.8. The van der Waals surface area contributed by atoms with Gasteiger partial charge in [0.05, 0.1) is 0 Å². The van der Waals surface area contributed by atoms with Crippen LogP contribution in [0.4, 0.5) is 0 Å². The molecule has 0 aromatic rings. The van der Waals surface area contributed by atoms with Crippen molar-refractivity contribution in [1.29, 1.82) is 0 Å². The Labute approximate surface area is 148 Å². The minimum atomic E-state index is 0. The van der Waals surface area contributed by atoms with E-state index in [1.165, 1.54) is 25.7 Å². The van der Waals surface area contributed by atoms with Gasteiger partial charge >= 0.3 is 0 Å². The predicted octanol–water partition coefficient (Wildman–Crippen LogP) is 2.95. The Morgan fingerprint density at radius 2 is 1.95 bits per heavy atom. The molecule has 0 heterocycles. The second kappa shape index (κ2) is 12.3. The molecule has 21 heavy (non-hydrogen) atoms. The Balaban J connectivity index is 0.00000400. The van der Waals surface area contributed by atoms with Crippen LogP contribution in [0.1, 0.15) is 38.5 Å². The highest BCUT2D eigenvalue weighted by Gasteiger charge is 2.18. The molecule has 4 nitrogen and oxygen atoms in total. The maximum absolute atomic E-state index is 4.35. The molecule has 0 unspecified atom stereocenters. The molecule has 0 aliphatic heterocycles. The fraction of sp³-hybridized carbons (Fsp3) is 0.812. The molecule has 1 rings (SSSR count). The molecule has 0 saturated heterocycles. The molecular weight excluding hydrogens is 375 g/mol. The van der Waals surface area contributed by atoms with Gasteiger partial charge in [0, 0.05) is 39.8 Å². The van der Waals surface area contributed by atoms with Gasteiger partial charge in [-0.25, -0.2) is 0 Å². The van der Waals surface area contributed by atoms with Crippen LogP contribution in [0, 0.1) is 0 Å². The van der Waals surface area contributed by atoms with Crippen molar-refractivity contribution >= 4 is 29.9 Å². The summed E-state index contributed by atoms with van der Waals surface area (Å²) in [7, 11) is 6.19. The summed E-state index contributed by atoms with van der Waals surface area (Å²) in [5.74, 6) is 0.994. The number of hydrogen-bond donors (Lipinski definition) is 1. The third-order valence-corrected chi connectivity index (χ3v) is 4.17. The van der Waals surface area contributed by atoms with E-state index in [1.807, 2.05) is 13.1 Å². The summed E-state index contributed by atoms with van der Waals surface area (Å²) in [6.07, 6.45) is 9.70. The second-order valence-electron chi connectivity index (χ2n) is 5.75. The van der Waals surface area contributed by atoms with Gasteiger partial charge in [0.2, 0.25) is 0 Å². The van der Waals surface area contributed by atoms with Gasteiger partial charge in [0.1, 0.15) is 0 Å². The van der Waals surface area contributed by atoms with E-state index in [9.17, 15) is 0 Å². The summed E-state index contributed by atoms with van der Waals surface area (Å²) >= 11 is 0. The zero-order valence-corrected chi connectivity index (χ0v) is 16.3. The molecule has 0 aromatic heterocycles. The number of hydrogen-bond acceptors (Lipinski definition) is 2. The van der Waals surface area contributed by atoms with Crippen molar-refractivity contribution in [2.75, 3.05) is 40.8 Å². The van der Waals surface area contributed by atoms with Gasteiger partial charge in [0.25, 0.3) is 0 Å². The summed E-state index contributed by atoms with van der Waals surface area (Å²) in [4.78, 5) is 9.03. The Morgan fingerprint density at radius 3 is 2.52 bits per heavy atom. The van der Waals surface area contributed by atoms with Gasteiger partial charge in [-0.05, 0) is 32.7 Å². The first-order valence-corrected chi connectivity index (χ1v) is 7.92. The van der Waals surface area contributed by atoms with E-state index in [1.54, 1.807) is 0 Å². The van der Waals surface area contributed by atoms with E-state index in [0.717, 1.165) is 44.5 Å². The number of guanidine groups is 1. The molecule has 1 fully saturated rings. The summed E-state index contributed by atoms with van der Waals surface area (Å²) in [6.45, 7) is 6.83. The highest BCUT2D eigenvalue weighted by molar-refractivity contribution is 14.0. The van der Waals surface area contributed by atoms with Gasteiger partial charge < -0.3 is 15.1 Å². The monoisotopic (exact) mass is 408 g/mol. The molecule has 0 amide bonds. The van der Waals surface area contributed by atoms with Gasteiger partial charge in [0.15, 0.2) is 5.96 Å². The number of halogens is 1. The maximum atomic E-state index is 4.35. The van der Waals surface area contributed by atoms with Crippen molar-refractivity contribution in [3.05, 3.63) is 12.7 Å². The molecular formula is C16H33IN4. The minimum absolute atomic E-state index is 0. The van der Waals surface area contributed by atoms with Crippen LogP contribution >= 0.6 is 24.0 Å². The van der Waals surface area contributed by atoms with Gasteiger partial charge in [-0.15, -0.1) is 30.6 Å². The second-order valence-corrected chi connectivity index (χ2v) is 5.75. The molecule has 1 N–H and O–H groups in total. The molecule has 0 radical (unpaired) electrons. The highest BCUT2D eigenvalue weighted by Crippen LogP contribution is 2.21. The first kappa shape index (κ1) is 20.7. The smallest absolute Gasteiger partial charge is 0.193 e. The summed E-state index contributed by atoms with van der Waals surface area (Å²) in [5, 5.41) is 3.46. The quantitative estimate of drug-likeness (QED) is 0.220. The average Bonchev–Trinajstić information content (AvgIpc) is 2.97. The van der Waals surface area contributed by atoms with E-state index in [0.29, 0.717) is 0 Å². The van der Waals surface area contributed by atoms with E-state index in [2.05, 4.69) is 40.8 Å². The normalized spacial score (nSPS) is 15.9. The van der Waals surface area contributed by atoms with Gasteiger partial charge in [-0.3, -0.25) is 4.99 Å². The van der Waals surface area contributed by atoms with Crippen LogP contribution in [0.25, 0.3) is 0 Å². The number of likely N-dealkylation sites (N-methyl/N-ethyl adjacent to an activating group) is 1. The van der Waals surface area contributed by atoms with Crippen LogP contribution < -0.4 is 5.32 Å². The van der Waals surface area contributed by atoms with Crippen molar-refractivity contribution in [1.82, 2.24) is 15.1 Å². The van der Waals surface area contributed by atoms with Gasteiger partial charge in [-0.1, -0.05) is 18.9 Å². The first-order valence-electron chi connectivity index (χ1n) is 7.92. The van der Waals surface area contributed by atoms with E-state index >= 15 is 0 Å². The number of allylic oxidation sites excluding steroid dienone is 1. The Kier molecular flexibility index (Phi) is 12.1. The first-order chi connectivity index (χ1) is 9.69. The number of rotatable bonds is 8. The molecule has 0 aromatic carbocycles. The molecule has 5 heteroatoms. The summed E-state index contributed by atoms with van der Waals surface area (Å²) in [6, 6.07) is 0.795. The number of nitrogens with zero attached hydrogens (tertiary/aromatic N) is 3. The number of nitrogens with one attached hydrogen (secondary N) is 1. The molecule has 1 aliphatic rings. The third kappa shape index (κ3) is 8.04. The number of aliphatic imine (C=N–C) groups is 1. The molecule has 0 spiro atoms. The van der Waals surface area contributed by atoms with E-state index < -0.39 is 0 Å². The molecule has 1 saturated carbocycles. The summed E-state index contributed by atoms with van der Waals surface area (Å²) in [5.41, 5.74) is 0. The lowest BCUT2D eigenvalue weighted by Crippen LogP contribution is -2.43. The summed E-state index contributed by atoms with van der Waals surface area (Å²) < 4.78 is 0. The Morgan fingerprint density at radius 1 is 1.29 bits per heavy atom. The molecule has 1 aliphatic carbocycles. The lowest BCUT2D eigenvalue weighted by atomic mass is 10.2. The Hall–Kier alpha value is -0.300. The van der Waals surface area contributed by atoms with Crippen molar-refractivity contribution in [2.45, 2.75) is 44.6 Å². The third-order valence-electron chi connectivity index (χ3n) is 4.17. The number of unbranched alkanes of at least 4 members (excludes halogenated alkanes) is 1. The maximum Gasteiger partial charge on any atom is 0.193 e. The standard InChI is InChI=1S/C16H32N4.HI/c1-5-6-9-13-20(4)16(17-2)18-12-14-19(3)15-10-7-8-11-15;/h5,15H,1,6-14H2,2-4H3,(H,17,18);1H. The highest BCUT2D eigenvalue weighted by atomic mass is 127. The SMILES string of the molecule is C=CCCCN(C)C(=NC)NCCN(C)C1CCCC1.I.